The molecule has 1 N–H and O–H groups in total. The summed E-state index contributed by atoms with van der Waals surface area (Å²) in [5.74, 6) is -2.01. The minimum Gasteiger partial charge on any atom is -0.477 e. The number of aromatic nitrogens is 1. The lowest BCUT2D eigenvalue weighted by atomic mass is 10.1. The summed E-state index contributed by atoms with van der Waals surface area (Å²) in [7, 11) is -3.54. The van der Waals surface area contributed by atoms with E-state index in [4.69, 9.17) is 5.11 Å². The fourth-order valence-electron chi connectivity index (χ4n) is 3.80. The number of amides is 1. The number of carboxylic acids is 1. The lowest BCUT2D eigenvalue weighted by molar-refractivity contribution is 0.0671. The first kappa shape index (κ1) is 18.7. The van der Waals surface area contributed by atoms with Gasteiger partial charge in [-0.1, -0.05) is 0 Å². The minimum atomic E-state index is -3.54. The molecule has 1 aromatic heterocycles. The molecule has 0 bridgehead atoms. The maximum absolute atomic E-state index is 12.9. The van der Waals surface area contributed by atoms with Crippen molar-refractivity contribution in [2.45, 2.75) is 37.0 Å². The zero-order valence-corrected chi connectivity index (χ0v) is 15.9. The molecule has 10 heteroatoms. The number of rotatable bonds is 6. The number of nitriles is 1. The number of sulfone groups is 1. The number of hydrogen-bond donors (Lipinski definition) is 1. The van der Waals surface area contributed by atoms with Gasteiger partial charge >= 0.3 is 5.97 Å². The zero-order chi connectivity index (χ0) is 20.3. The van der Waals surface area contributed by atoms with Gasteiger partial charge in [0, 0.05) is 19.6 Å². The Labute approximate surface area is 161 Å². The number of carboxylic acid groups (broad SMARTS) is 1. The van der Waals surface area contributed by atoms with E-state index in [1.54, 1.807) is 0 Å². The first-order valence-electron chi connectivity index (χ1n) is 9.04. The van der Waals surface area contributed by atoms with E-state index in [2.05, 4.69) is 6.07 Å². The summed E-state index contributed by atoms with van der Waals surface area (Å²) in [6.07, 6.45) is 2.07. The van der Waals surface area contributed by atoms with Gasteiger partial charge in [0.25, 0.3) is 11.5 Å². The summed E-state index contributed by atoms with van der Waals surface area (Å²) in [4.78, 5) is 37.6. The van der Waals surface area contributed by atoms with Gasteiger partial charge in [-0.3, -0.25) is 9.59 Å². The average molecular weight is 405 g/mol. The normalized spacial score (nSPS) is 21.5. The monoisotopic (exact) mass is 405 g/mol. The molecule has 1 aromatic rings. The van der Waals surface area contributed by atoms with Gasteiger partial charge in [-0.05, 0) is 37.8 Å². The fourth-order valence-corrected chi connectivity index (χ4v) is 6.26. The second-order valence-corrected chi connectivity index (χ2v) is 10.3. The predicted molar refractivity (Wildman–Crippen MR) is 96.6 cm³/mol. The number of aromatic carboxylic acids is 1. The van der Waals surface area contributed by atoms with Crippen molar-refractivity contribution < 1.29 is 23.1 Å². The molecule has 9 nitrogen and oxygen atoms in total. The summed E-state index contributed by atoms with van der Waals surface area (Å²) in [5.41, 5.74) is -1.85. The van der Waals surface area contributed by atoms with Gasteiger partial charge < -0.3 is 14.6 Å². The van der Waals surface area contributed by atoms with Crippen LogP contribution in [0.3, 0.4) is 0 Å². The highest BCUT2D eigenvalue weighted by atomic mass is 32.2. The molecule has 0 atom stereocenters. The number of carbonyl (C=O) groups excluding carboxylic acids is 1. The molecule has 0 unspecified atom stereocenters. The van der Waals surface area contributed by atoms with Crippen LogP contribution in [0.1, 0.15) is 46.5 Å². The topological polar surface area (TPSA) is 138 Å². The second kappa shape index (κ2) is 5.91. The van der Waals surface area contributed by atoms with E-state index in [-0.39, 0.29) is 31.1 Å². The Morgan fingerprint density at radius 2 is 1.86 bits per heavy atom. The first-order chi connectivity index (χ1) is 13.1. The average Bonchev–Trinajstić information content (AvgIpc) is 3.54. The van der Waals surface area contributed by atoms with Gasteiger partial charge in [0.1, 0.15) is 11.3 Å². The SMILES string of the molecule is N#CC1(CS(=O)(=O)C2(CN3CCn4c(ccc(C(=O)O)c4=O)C3=O)CC2)CC1. The van der Waals surface area contributed by atoms with Gasteiger partial charge in [-0.25, -0.2) is 13.2 Å². The van der Waals surface area contributed by atoms with Gasteiger partial charge in [-0.15, -0.1) is 0 Å². The van der Waals surface area contributed by atoms with E-state index in [1.165, 1.54) is 11.0 Å². The van der Waals surface area contributed by atoms with Crippen LogP contribution in [0.5, 0.6) is 0 Å². The molecular formula is C18H19N3O6S. The molecule has 0 saturated heterocycles. The Kier molecular flexibility index (Phi) is 3.94. The Hall–Kier alpha value is -2.67. The van der Waals surface area contributed by atoms with E-state index in [0.29, 0.717) is 25.7 Å². The van der Waals surface area contributed by atoms with Crippen LogP contribution in [0, 0.1) is 16.7 Å². The molecule has 4 rings (SSSR count). The zero-order valence-electron chi connectivity index (χ0n) is 15.0. The van der Waals surface area contributed by atoms with Crippen LogP contribution in [-0.2, 0) is 16.4 Å². The third-order valence-corrected chi connectivity index (χ3v) is 8.80. The van der Waals surface area contributed by atoms with Crippen LogP contribution in [0.2, 0.25) is 0 Å². The molecule has 148 valence electrons. The maximum Gasteiger partial charge on any atom is 0.341 e. The Morgan fingerprint density at radius 1 is 1.18 bits per heavy atom. The lowest BCUT2D eigenvalue weighted by Crippen LogP contribution is -2.50. The number of pyridine rings is 1. The van der Waals surface area contributed by atoms with Gasteiger partial charge in [0.2, 0.25) is 0 Å². The highest BCUT2D eigenvalue weighted by Gasteiger charge is 2.60. The molecule has 28 heavy (non-hydrogen) atoms. The third-order valence-electron chi connectivity index (χ3n) is 6.01. The summed E-state index contributed by atoms with van der Waals surface area (Å²) < 4.78 is 26.0. The largest absolute Gasteiger partial charge is 0.477 e. The summed E-state index contributed by atoms with van der Waals surface area (Å²) >= 11 is 0. The van der Waals surface area contributed by atoms with Crippen LogP contribution in [-0.4, -0.2) is 58.5 Å². The number of nitrogens with zero attached hydrogens (tertiary/aromatic N) is 3. The van der Waals surface area contributed by atoms with Crippen LogP contribution in [0.25, 0.3) is 0 Å². The number of hydrogen-bond acceptors (Lipinski definition) is 6. The molecule has 0 spiro atoms. The van der Waals surface area contributed by atoms with Crippen molar-refractivity contribution in [3.63, 3.8) is 0 Å². The van der Waals surface area contributed by atoms with Crippen LogP contribution in [0.15, 0.2) is 16.9 Å². The molecule has 0 radical (unpaired) electrons. The van der Waals surface area contributed by atoms with Crippen molar-refractivity contribution >= 4 is 21.7 Å². The lowest BCUT2D eigenvalue weighted by Gasteiger charge is -2.32. The smallest absolute Gasteiger partial charge is 0.341 e. The Bertz CT molecular complexity index is 1090. The van der Waals surface area contributed by atoms with Crippen molar-refractivity contribution in [1.82, 2.24) is 9.47 Å². The quantitative estimate of drug-likeness (QED) is 0.716. The maximum atomic E-state index is 12.9. The molecule has 2 aliphatic carbocycles. The molecule has 2 saturated carbocycles. The predicted octanol–water partition coefficient (Wildman–Crippen LogP) is 0.253. The highest BCUT2D eigenvalue weighted by Crippen LogP contribution is 2.52. The van der Waals surface area contributed by atoms with Crippen LogP contribution in [0.4, 0.5) is 0 Å². The molecule has 3 aliphatic rings. The third kappa shape index (κ3) is 2.81. The first-order valence-corrected chi connectivity index (χ1v) is 10.7. The molecular weight excluding hydrogens is 386 g/mol. The molecule has 2 heterocycles. The Balaban J connectivity index is 1.57. The number of fused-ring (bicyclic) bond motifs is 1. The standard InChI is InChI=1S/C18H19N3O6S/c19-9-17(3-4-17)11-28(26,27)18(5-6-18)10-20-7-8-21-13(15(20)23)2-1-12(14(21)22)16(24)25/h1-2H,3-8,10-11H2,(H,24,25). The van der Waals surface area contributed by atoms with E-state index in [9.17, 15) is 28.1 Å². The van der Waals surface area contributed by atoms with Gasteiger partial charge in [0.05, 0.1) is 22.0 Å². The Morgan fingerprint density at radius 3 is 2.39 bits per heavy atom. The van der Waals surface area contributed by atoms with Crippen molar-refractivity contribution in [1.29, 1.82) is 5.26 Å². The van der Waals surface area contributed by atoms with Gasteiger partial charge in [0.15, 0.2) is 9.84 Å². The van der Waals surface area contributed by atoms with E-state index >= 15 is 0 Å². The second-order valence-electron chi connectivity index (χ2n) is 7.96. The molecule has 0 aromatic carbocycles. The van der Waals surface area contributed by atoms with Crippen LogP contribution >= 0.6 is 0 Å². The molecule has 2 fully saturated rings. The molecule has 1 amide bonds. The summed E-state index contributed by atoms with van der Waals surface area (Å²) in [5, 5.41) is 18.3. The van der Waals surface area contributed by atoms with Gasteiger partial charge in [-0.2, -0.15) is 5.26 Å². The molecule has 1 aliphatic heterocycles. The van der Waals surface area contributed by atoms with Crippen molar-refractivity contribution in [3.8, 4) is 6.07 Å². The fraction of sp³-hybridized carbons (Fsp3) is 0.556. The van der Waals surface area contributed by atoms with Crippen LogP contribution < -0.4 is 5.56 Å². The van der Waals surface area contributed by atoms with E-state index in [0.717, 1.165) is 10.6 Å². The van der Waals surface area contributed by atoms with Crippen molar-refractivity contribution in [2.75, 3.05) is 18.8 Å². The summed E-state index contributed by atoms with van der Waals surface area (Å²) in [6, 6.07) is 4.51. The minimum absolute atomic E-state index is 0.0323. The highest BCUT2D eigenvalue weighted by molar-refractivity contribution is 7.93. The summed E-state index contributed by atoms with van der Waals surface area (Å²) in [6.45, 7) is 0.277. The van der Waals surface area contributed by atoms with Crippen molar-refractivity contribution in [3.05, 3.63) is 33.7 Å². The van der Waals surface area contributed by atoms with E-state index < -0.39 is 43.0 Å². The van der Waals surface area contributed by atoms with Crippen molar-refractivity contribution in [2.24, 2.45) is 5.41 Å². The van der Waals surface area contributed by atoms with E-state index in [1.807, 2.05) is 0 Å². The number of carbonyl (C=O) groups is 2.